The highest BCUT2D eigenvalue weighted by Gasteiger charge is 2.31. The van der Waals surface area contributed by atoms with Gasteiger partial charge in [-0.3, -0.25) is 14.4 Å². The van der Waals surface area contributed by atoms with Gasteiger partial charge in [-0.05, 0) is 87.7 Å². The molecule has 0 fully saturated rings. The van der Waals surface area contributed by atoms with E-state index in [-0.39, 0.29) is 11.6 Å². The van der Waals surface area contributed by atoms with E-state index in [0.717, 1.165) is 10.4 Å². The Morgan fingerprint density at radius 3 is 2.38 bits per heavy atom. The molecule has 3 aromatic carbocycles. The molecule has 53 heavy (non-hydrogen) atoms. The molecule has 1 aliphatic heterocycles. The number of hydrogen-bond acceptors (Lipinski definition) is 8. The molecule has 0 spiro atoms. The van der Waals surface area contributed by atoms with E-state index >= 15 is 0 Å². The topological polar surface area (TPSA) is 141 Å². The second-order valence-electron chi connectivity index (χ2n) is 13.0. The van der Waals surface area contributed by atoms with E-state index in [1.807, 2.05) is 33.8 Å². The molecule has 1 atom stereocenters. The molecular formula is C39H37Cl2N5O5S2. The summed E-state index contributed by atoms with van der Waals surface area (Å²) in [6, 6.07) is 22.6. The fourth-order valence-corrected chi connectivity index (χ4v) is 8.09. The van der Waals surface area contributed by atoms with Crippen LogP contribution in [0.2, 0.25) is 10.0 Å². The number of thiophene rings is 1. The Labute approximate surface area is 326 Å². The van der Waals surface area contributed by atoms with Crippen LogP contribution in [0.25, 0.3) is 6.08 Å². The Hall–Kier alpha value is -4.80. The van der Waals surface area contributed by atoms with E-state index in [1.54, 1.807) is 71.6 Å². The minimum Gasteiger partial charge on any atom is -0.444 e. The Bertz CT molecular complexity index is 2090. The van der Waals surface area contributed by atoms with Crippen LogP contribution >= 0.6 is 46.3 Å². The van der Waals surface area contributed by atoms with Crippen molar-refractivity contribution in [2.75, 3.05) is 17.2 Å². The van der Waals surface area contributed by atoms with Gasteiger partial charge >= 0.3 is 6.09 Å². The zero-order chi connectivity index (χ0) is 38.3. The van der Waals surface area contributed by atoms with Crippen molar-refractivity contribution >= 4 is 86.9 Å². The second kappa shape index (κ2) is 17.4. The number of nitriles is 1. The van der Waals surface area contributed by atoms with Gasteiger partial charge in [0.2, 0.25) is 5.91 Å². The number of carbonyl (C=O) groups is 4. The summed E-state index contributed by atoms with van der Waals surface area (Å²) in [5.74, 6) is -1.40. The number of amides is 4. The van der Waals surface area contributed by atoms with Gasteiger partial charge in [0.15, 0.2) is 0 Å². The summed E-state index contributed by atoms with van der Waals surface area (Å²) in [5, 5.41) is 19.0. The molecule has 0 saturated heterocycles. The second-order valence-corrected chi connectivity index (χ2v) is 16.2. The first-order chi connectivity index (χ1) is 25.3. The quantitative estimate of drug-likeness (QED) is 0.108. The summed E-state index contributed by atoms with van der Waals surface area (Å²) in [7, 11) is 0. The smallest absolute Gasteiger partial charge is 0.410 e. The lowest BCUT2D eigenvalue weighted by atomic mass is 10.0. The number of benzene rings is 3. The molecular weight excluding hydrogens is 753 g/mol. The van der Waals surface area contributed by atoms with E-state index in [1.165, 1.54) is 29.2 Å². The highest BCUT2D eigenvalue weighted by atomic mass is 35.5. The number of carbonyl (C=O) groups excluding carboxylic acids is 4. The molecule has 0 bridgehead atoms. The Morgan fingerprint density at radius 2 is 1.72 bits per heavy atom. The number of anilines is 2. The van der Waals surface area contributed by atoms with Gasteiger partial charge in [0.25, 0.3) is 11.8 Å². The van der Waals surface area contributed by atoms with E-state index in [4.69, 9.17) is 27.9 Å². The van der Waals surface area contributed by atoms with Crippen molar-refractivity contribution in [1.82, 2.24) is 10.2 Å². The first kappa shape index (κ1) is 39.4. The SMILES string of the molecule is CCC(Sc1cccc(NC(=O)/C(=C\c2c(Cl)cccc2Cl)NC(=O)c2ccccc2)c1)C(=O)Nc1sc2c(c1C#N)CCN(C(=O)OC(C)(C)C)C2. The molecule has 2 heterocycles. The molecule has 1 aromatic heterocycles. The molecule has 274 valence electrons. The first-order valence-electron chi connectivity index (χ1n) is 16.7. The Kier molecular flexibility index (Phi) is 12.9. The van der Waals surface area contributed by atoms with Gasteiger partial charge in [-0.2, -0.15) is 5.26 Å². The maximum atomic E-state index is 13.7. The number of nitrogens with zero attached hydrogens (tertiary/aromatic N) is 2. The molecule has 3 N–H and O–H groups in total. The van der Waals surface area contributed by atoms with Gasteiger partial charge in [-0.25, -0.2) is 4.79 Å². The first-order valence-corrected chi connectivity index (χ1v) is 19.1. The van der Waals surface area contributed by atoms with Crippen LogP contribution in [0.4, 0.5) is 15.5 Å². The molecule has 1 unspecified atom stereocenters. The number of halogens is 2. The third-order valence-corrected chi connectivity index (χ3v) is 11.1. The maximum Gasteiger partial charge on any atom is 0.410 e. The van der Waals surface area contributed by atoms with E-state index < -0.39 is 28.8 Å². The van der Waals surface area contributed by atoms with E-state index in [9.17, 15) is 24.4 Å². The number of nitrogens with one attached hydrogen (secondary N) is 3. The number of fused-ring (bicyclic) bond motifs is 1. The zero-order valence-electron chi connectivity index (χ0n) is 29.4. The summed E-state index contributed by atoms with van der Waals surface area (Å²) < 4.78 is 5.53. The molecule has 4 amide bonds. The summed E-state index contributed by atoms with van der Waals surface area (Å²) in [4.78, 5) is 56.2. The predicted molar refractivity (Wildman–Crippen MR) is 211 cm³/mol. The van der Waals surface area contributed by atoms with Crippen molar-refractivity contribution in [3.8, 4) is 6.07 Å². The molecule has 5 rings (SSSR count). The average Bonchev–Trinajstić information content (AvgIpc) is 3.47. The van der Waals surface area contributed by atoms with Crippen LogP contribution in [0.15, 0.2) is 83.4 Å². The van der Waals surface area contributed by atoms with E-state index in [2.05, 4.69) is 22.0 Å². The van der Waals surface area contributed by atoms with E-state index in [0.29, 0.717) is 68.3 Å². The van der Waals surface area contributed by atoms with Crippen LogP contribution in [-0.4, -0.2) is 46.1 Å². The third kappa shape index (κ3) is 10.2. The van der Waals surface area contributed by atoms with Gasteiger partial charge in [0.1, 0.15) is 22.4 Å². The number of hydrogen-bond donors (Lipinski definition) is 3. The molecule has 0 saturated carbocycles. The van der Waals surface area contributed by atoms with Crippen LogP contribution in [0.3, 0.4) is 0 Å². The predicted octanol–water partition coefficient (Wildman–Crippen LogP) is 9.14. The third-order valence-electron chi connectivity index (χ3n) is 7.91. The molecule has 0 aliphatic carbocycles. The highest BCUT2D eigenvalue weighted by Crippen LogP contribution is 2.38. The fraction of sp³-hybridized carbons (Fsp3) is 0.256. The van der Waals surface area contributed by atoms with Crippen LogP contribution < -0.4 is 16.0 Å². The van der Waals surface area contributed by atoms with Gasteiger partial charge in [-0.15, -0.1) is 23.1 Å². The molecule has 1 aliphatic rings. The maximum absolute atomic E-state index is 13.7. The highest BCUT2D eigenvalue weighted by molar-refractivity contribution is 8.00. The van der Waals surface area contributed by atoms with Crippen LogP contribution in [0.5, 0.6) is 0 Å². The van der Waals surface area contributed by atoms with Crippen molar-refractivity contribution in [3.63, 3.8) is 0 Å². The summed E-state index contributed by atoms with van der Waals surface area (Å²) in [6.07, 6.45) is 1.95. The standard InChI is InChI=1S/C39H37Cl2N5O5S2/c1-5-32(36(49)45-37-28(21-42)26-17-18-46(22-33(26)53-37)38(50)51-39(2,3)4)52-25-14-9-13-24(19-25)43-35(48)31(20-27-29(40)15-10-16-30(27)41)44-34(47)23-11-7-6-8-12-23/h6-16,19-20,32H,5,17-18,22H2,1-4H3,(H,43,48)(H,44,47)(H,45,49)/b31-20+. The van der Waals surface area contributed by atoms with Gasteiger partial charge in [0, 0.05) is 43.2 Å². The normalized spacial score (nSPS) is 13.3. The fourth-order valence-electron chi connectivity index (χ4n) is 5.35. The summed E-state index contributed by atoms with van der Waals surface area (Å²) >= 11 is 15.4. The largest absolute Gasteiger partial charge is 0.444 e. The van der Waals surface area contributed by atoms with Crippen molar-refractivity contribution < 1.29 is 23.9 Å². The van der Waals surface area contributed by atoms with Crippen LogP contribution in [0.1, 0.15) is 66.0 Å². The Balaban J connectivity index is 1.30. The van der Waals surface area contributed by atoms with Crippen molar-refractivity contribution in [2.45, 2.75) is 62.8 Å². The molecule has 0 radical (unpaired) electrons. The minimum atomic E-state index is -0.631. The van der Waals surface area contributed by atoms with Gasteiger partial charge < -0.3 is 25.6 Å². The zero-order valence-corrected chi connectivity index (χ0v) is 32.6. The average molecular weight is 791 g/mol. The molecule has 10 nitrogen and oxygen atoms in total. The van der Waals surface area contributed by atoms with Gasteiger partial charge in [-0.1, -0.05) is 60.5 Å². The van der Waals surface area contributed by atoms with Gasteiger partial charge in [0.05, 0.1) is 17.4 Å². The van der Waals surface area contributed by atoms with Crippen molar-refractivity contribution in [2.24, 2.45) is 0 Å². The number of thioether (sulfide) groups is 1. The summed E-state index contributed by atoms with van der Waals surface area (Å²) in [6.45, 7) is 8.02. The summed E-state index contributed by atoms with van der Waals surface area (Å²) in [5.41, 5.74) is 1.67. The lowest BCUT2D eigenvalue weighted by molar-refractivity contribution is -0.116. The number of ether oxygens (including phenoxy) is 1. The lowest BCUT2D eigenvalue weighted by Gasteiger charge is -2.29. The Morgan fingerprint density at radius 1 is 1.02 bits per heavy atom. The van der Waals surface area contributed by atoms with Crippen LogP contribution in [-0.2, 0) is 27.3 Å². The van der Waals surface area contributed by atoms with Crippen molar-refractivity contribution in [1.29, 1.82) is 5.26 Å². The van der Waals surface area contributed by atoms with Crippen molar-refractivity contribution in [3.05, 3.63) is 116 Å². The lowest BCUT2D eigenvalue weighted by Crippen LogP contribution is -2.39. The minimum absolute atomic E-state index is 0.0844. The number of rotatable bonds is 10. The molecule has 14 heteroatoms. The molecule has 4 aromatic rings. The monoisotopic (exact) mass is 789 g/mol. The van der Waals surface area contributed by atoms with Crippen LogP contribution in [0, 0.1) is 11.3 Å².